The predicted octanol–water partition coefficient (Wildman–Crippen LogP) is 1.67. The van der Waals surface area contributed by atoms with Gasteiger partial charge in [-0.2, -0.15) is 0 Å². The van der Waals surface area contributed by atoms with Crippen molar-refractivity contribution in [2.45, 2.75) is 19.4 Å². The zero-order chi connectivity index (χ0) is 15.4. The van der Waals surface area contributed by atoms with Gasteiger partial charge < -0.3 is 9.80 Å². The molecule has 1 atom stereocenters. The van der Waals surface area contributed by atoms with Crippen LogP contribution >= 0.6 is 0 Å². The fraction of sp³-hybridized carbons (Fsp3) is 0.611. The minimum Gasteiger partial charge on any atom is -0.340 e. The lowest BCUT2D eigenvalue weighted by molar-refractivity contribution is -0.139. The van der Waals surface area contributed by atoms with E-state index in [9.17, 15) is 4.79 Å². The van der Waals surface area contributed by atoms with Crippen molar-refractivity contribution < 1.29 is 4.79 Å². The van der Waals surface area contributed by atoms with Gasteiger partial charge in [0, 0.05) is 39.3 Å². The molecule has 0 saturated carbocycles. The molecule has 0 radical (unpaired) electrons. The number of hydrogen-bond acceptors (Lipinski definition) is 3. The van der Waals surface area contributed by atoms with Crippen LogP contribution in [0.1, 0.15) is 18.4 Å². The highest BCUT2D eigenvalue weighted by Gasteiger charge is 2.30. The van der Waals surface area contributed by atoms with Gasteiger partial charge in [0.25, 0.3) is 0 Å². The Labute approximate surface area is 133 Å². The Morgan fingerprint density at radius 2 is 1.82 bits per heavy atom. The quantitative estimate of drug-likeness (QED) is 0.850. The van der Waals surface area contributed by atoms with Crippen molar-refractivity contribution in [1.29, 1.82) is 0 Å². The maximum Gasteiger partial charge on any atom is 0.227 e. The van der Waals surface area contributed by atoms with Crippen LogP contribution in [0.4, 0.5) is 0 Å². The van der Waals surface area contributed by atoms with E-state index in [0.29, 0.717) is 5.91 Å². The van der Waals surface area contributed by atoms with E-state index in [0.717, 1.165) is 58.7 Å². The Morgan fingerprint density at radius 3 is 2.55 bits per heavy atom. The third-order valence-corrected chi connectivity index (χ3v) is 4.92. The van der Waals surface area contributed by atoms with E-state index in [-0.39, 0.29) is 5.92 Å². The van der Waals surface area contributed by atoms with E-state index in [1.807, 2.05) is 0 Å². The molecule has 2 saturated heterocycles. The smallest absolute Gasteiger partial charge is 0.227 e. The highest BCUT2D eigenvalue weighted by atomic mass is 16.2. The molecule has 2 fully saturated rings. The Hall–Kier alpha value is -1.39. The van der Waals surface area contributed by atoms with Gasteiger partial charge in [-0.3, -0.25) is 9.69 Å². The van der Waals surface area contributed by atoms with Crippen molar-refractivity contribution >= 4 is 5.91 Å². The number of hydrogen-bond donors (Lipinski definition) is 0. The topological polar surface area (TPSA) is 26.8 Å². The lowest BCUT2D eigenvalue weighted by Crippen LogP contribution is -2.51. The average Bonchev–Trinajstić information content (AvgIpc) is 2.56. The molecule has 2 heterocycles. The van der Waals surface area contributed by atoms with E-state index in [1.54, 1.807) is 0 Å². The number of rotatable bonds is 3. The molecule has 0 spiro atoms. The molecule has 1 aromatic rings. The molecular formula is C18H27N3O. The van der Waals surface area contributed by atoms with E-state index in [2.05, 4.69) is 52.1 Å². The molecule has 120 valence electrons. The molecule has 0 aromatic heterocycles. The first kappa shape index (κ1) is 15.5. The normalized spacial score (nSPS) is 24.4. The monoisotopic (exact) mass is 301 g/mol. The summed E-state index contributed by atoms with van der Waals surface area (Å²) in [5, 5.41) is 0. The third kappa shape index (κ3) is 3.87. The number of nitrogens with zero attached hydrogens (tertiary/aromatic N) is 3. The van der Waals surface area contributed by atoms with Crippen LogP contribution < -0.4 is 0 Å². The summed E-state index contributed by atoms with van der Waals surface area (Å²) in [6.45, 7) is 6.79. The van der Waals surface area contributed by atoms with Gasteiger partial charge in [0.1, 0.15) is 0 Å². The van der Waals surface area contributed by atoms with Crippen LogP contribution in [-0.2, 0) is 11.3 Å². The number of amides is 1. The molecule has 0 N–H and O–H groups in total. The van der Waals surface area contributed by atoms with Crippen molar-refractivity contribution in [3.63, 3.8) is 0 Å². The molecular weight excluding hydrogens is 274 g/mol. The van der Waals surface area contributed by atoms with Crippen LogP contribution in [0, 0.1) is 5.92 Å². The second kappa shape index (κ2) is 7.25. The lowest BCUT2D eigenvalue weighted by atomic mass is 9.95. The van der Waals surface area contributed by atoms with Crippen LogP contribution in [0.5, 0.6) is 0 Å². The highest BCUT2D eigenvalue weighted by molar-refractivity contribution is 5.79. The Bertz CT molecular complexity index is 482. The average molecular weight is 301 g/mol. The van der Waals surface area contributed by atoms with E-state index < -0.39 is 0 Å². The van der Waals surface area contributed by atoms with E-state index >= 15 is 0 Å². The number of piperidine rings is 1. The van der Waals surface area contributed by atoms with Crippen molar-refractivity contribution in [1.82, 2.24) is 14.7 Å². The summed E-state index contributed by atoms with van der Waals surface area (Å²) in [4.78, 5) is 19.6. The van der Waals surface area contributed by atoms with Crippen LogP contribution in [0.2, 0.25) is 0 Å². The number of carbonyl (C=O) groups excluding carboxylic acids is 1. The Kier molecular flexibility index (Phi) is 5.11. The van der Waals surface area contributed by atoms with Crippen LogP contribution in [0.15, 0.2) is 30.3 Å². The SMILES string of the molecule is CN1CCN(C(=O)C2CCCN(Cc3ccccc3)C2)CC1. The van der Waals surface area contributed by atoms with Gasteiger partial charge in [-0.25, -0.2) is 0 Å². The van der Waals surface area contributed by atoms with Gasteiger partial charge in [0.2, 0.25) is 5.91 Å². The van der Waals surface area contributed by atoms with Gasteiger partial charge in [0.15, 0.2) is 0 Å². The summed E-state index contributed by atoms with van der Waals surface area (Å²) in [5.41, 5.74) is 1.34. The summed E-state index contributed by atoms with van der Waals surface area (Å²) >= 11 is 0. The first-order chi connectivity index (χ1) is 10.7. The van der Waals surface area contributed by atoms with Crippen molar-refractivity contribution in [3.8, 4) is 0 Å². The fourth-order valence-corrected chi connectivity index (χ4v) is 3.53. The Morgan fingerprint density at radius 1 is 1.09 bits per heavy atom. The zero-order valence-corrected chi connectivity index (χ0v) is 13.6. The molecule has 4 nitrogen and oxygen atoms in total. The summed E-state index contributed by atoms with van der Waals surface area (Å²) < 4.78 is 0. The van der Waals surface area contributed by atoms with Gasteiger partial charge >= 0.3 is 0 Å². The third-order valence-electron chi connectivity index (χ3n) is 4.92. The predicted molar refractivity (Wildman–Crippen MR) is 88.5 cm³/mol. The number of benzene rings is 1. The zero-order valence-electron chi connectivity index (χ0n) is 13.6. The summed E-state index contributed by atoms with van der Waals surface area (Å²) in [7, 11) is 2.13. The highest BCUT2D eigenvalue weighted by Crippen LogP contribution is 2.21. The fourth-order valence-electron chi connectivity index (χ4n) is 3.53. The summed E-state index contributed by atoms with van der Waals surface area (Å²) in [6.07, 6.45) is 2.19. The van der Waals surface area contributed by atoms with Gasteiger partial charge in [0.05, 0.1) is 5.92 Å². The molecule has 0 bridgehead atoms. The number of piperazine rings is 1. The molecule has 1 amide bonds. The van der Waals surface area contributed by atoms with Crippen LogP contribution in [0.25, 0.3) is 0 Å². The first-order valence-electron chi connectivity index (χ1n) is 8.46. The standard InChI is InChI=1S/C18H27N3O/c1-19-10-12-21(13-11-19)18(22)17-8-5-9-20(15-17)14-16-6-3-2-4-7-16/h2-4,6-7,17H,5,8-15H2,1H3. The molecule has 4 heteroatoms. The molecule has 1 unspecified atom stereocenters. The minimum absolute atomic E-state index is 0.195. The number of carbonyl (C=O) groups is 1. The minimum atomic E-state index is 0.195. The van der Waals surface area contributed by atoms with Gasteiger partial charge in [-0.15, -0.1) is 0 Å². The lowest BCUT2D eigenvalue weighted by Gasteiger charge is -2.38. The maximum absolute atomic E-state index is 12.7. The second-order valence-corrected chi connectivity index (χ2v) is 6.69. The van der Waals surface area contributed by atoms with Crippen molar-refractivity contribution in [3.05, 3.63) is 35.9 Å². The molecule has 22 heavy (non-hydrogen) atoms. The Balaban J connectivity index is 1.55. The van der Waals surface area contributed by atoms with Crippen LogP contribution in [0.3, 0.4) is 0 Å². The second-order valence-electron chi connectivity index (χ2n) is 6.69. The van der Waals surface area contributed by atoms with Crippen molar-refractivity contribution in [2.24, 2.45) is 5.92 Å². The summed E-state index contributed by atoms with van der Waals surface area (Å²) in [5.74, 6) is 0.576. The molecule has 0 aliphatic carbocycles. The first-order valence-corrected chi connectivity index (χ1v) is 8.46. The molecule has 1 aromatic carbocycles. The molecule has 2 aliphatic rings. The van der Waals surface area contributed by atoms with Crippen molar-refractivity contribution in [2.75, 3.05) is 46.3 Å². The van der Waals surface area contributed by atoms with Gasteiger partial charge in [-0.05, 0) is 32.0 Å². The summed E-state index contributed by atoms with van der Waals surface area (Å²) in [6, 6.07) is 10.6. The van der Waals surface area contributed by atoms with Crippen LogP contribution in [-0.4, -0.2) is 66.9 Å². The van der Waals surface area contributed by atoms with Gasteiger partial charge in [-0.1, -0.05) is 30.3 Å². The number of likely N-dealkylation sites (N-methyl/N-ethyl adjacent to an activating group) is 1. The van der Waals surface area contributed by atoms with E-state index in [4.69, 9.17) is 0 Å². The maximum atomic E-state index is 12.7. The largest absolute Gasteiger partial charge is 0.340 e. The number of likely N-dealkylation sites (tertiary alicyclic amines) is 1. The molecule has 3 rings (SSSR count). The van der Waals surface area contributed by atoms with E-state index in [1.165, 1.54) is 5.56 Å². The molecule has 2 aliphatic heterocycles.